The Bertz CT molecular complexity index is 1070. The zero-order valence-electron chi connectivity index (χ0n) is 20.0. The molecule has 0 heterocycles. The molecule has 0 bridgehead atoms. The number of anilines is 1. The highest BCUT2D eigenvalue weighted by Crippen LogP contribution is 2.49. The van der Waals surface area contributed by atoms with E-state index in [4.69, 9.17) is 0 Å². The van der Waals surface area contributed by atoms with E-state index in [2.05, 4.69) is 30.8 Å². The molecule has 178 valence electrons. The maximum atomic E-state index is 13.1. The number of hydrogen-bond donors (Lipinski definition) is 2. The third kappa shape index (κ3) is 5.43. The molecular formula is C27H36N2O3S. The summed E-state index contributed by atoms with van der Waals surface area (Å²) in [6, 6.07) is 14.6. The number of carbonyl (C=O) groups is 1. The topological polar surface area (TPSA) is 75.3 Å². The quantitative estimate of drug-likeness (QED) is 0.538. The molecule has 0 spiro atoms. The first kappa shape index (κ1) is 23.8. The fraction of sp³-hybridized carbons (Fsp3) is 0.519. The molecule has 2 aromatic carbocycles. The van der Waals surface area contributed by atoms with Crippen molar-refractivity contribution in [2.45, 2.75) is 93.9 Å². The summed E-state index contributed by atoms with van der Waals surface area (Å²) in [6.45, 7) is 6.29. The number of benzene rings is 2. The maximum Gasteiger partial charge on any atom is 0.261 e. The van der Waals surface area contributed by atoms with Crippen LogP contribution < -0.4 is 10.0 Å². The molecule has 2 fully saturated rings. The predicted molar refractivity (Wildman–Crippen MR) is 133 cm³/mol. The molecule has 4 rings (SSSR count). The second-order valence-electron chi connectivity index (χ2n) is 10.7. The van der Waals surface area contributed by atoms with Crippen molar-refractivity contribution < 1.29 is 13.2 Å². The van der Waals surface area contributed by atoms with Crippen LogP contribution in [0, 0.1) is 0 Å². The number of amides is 1. The second-order valence-corrected chi connectivity index (χ2v) is 12.4. The van der Waals surface area contributed by atoms with Crippen molar-refractivity contribution in [3.05, 3.63) is 59.7 Å². The van der Waals surface area contributed by atoms with Gasteiger partial charge in [-0.3, -0.25) is 9.52 Å². The van der Waals surface area contributed by atoms with Gasteiger partial charge in [-0.2, -0.15) is 0 Å². The summed E-state index contributed by atoms with van der Waals surface area (Å²) in [6.07, 6.45) is 8.72. The average Bonchev–Trinajstić information content (AvgIpc) is 3.59. The van der Waals surface area contributed by atoms with Gasteiger partial charge in [-0.15, -0.1) is 0 Å². The monoisotopic (exact) mass is 468 g/mol. The molecule has 2 aliphatic rings. The van der Waals surface area contributed by atoms with Gasteiger partial charge >= 0.3 is 0 Å². The minimum absolute atomic E-state index is 0.0349. The van der Waals surface area contributed by atoms with Gasteiger partial charge in [-0.05, 0) is 66.5 Å². The van der Waals surface area contributed by atoms with Crippen LogP contribution in [0.15, 0.2) is 53.4 Å². The highest BCUT2D eigenvalue weighted by atomic mass is 32.2. The van der Waals surface area contributed by atoms with Gasteiger partial charge in [0.25, 0.3) is 10.0 Å². The number of nitrogens with one attached hydrogen (secondary N) is 2. The van der Waals surface area contributed by atoms with Gasteiger partial charge in [0.15, 0.2) is 0 Å². The first-order valence-corrected chi connectivity index (χ1v) is 13.6. The fourth-order valence-electron chi connectivity index (χ4n) is 4.72. The Morgan fingerprint density at radius 2 is 1.45 bits per heavy atom. The van der Waals surface area contributed by atoms with Gasteiger partial charge in [-0.25, -0.2) is 8.42 Å². The summed E-state index contributed by atoms with van der Waals surface area (Å²) in [5.74, 6) is 0.127. The Morgan fingerprint density at radius 1 is 0.879 bits per heavy atom. The summed E-state index contributed by atoms with van der Waals surface area (Å²) in [5, 5.41) is 3.30. The molecule has 2 N–H and O–H groups in total. The maximum absolute atomic E-state index is 13.1. The van der Waals surface area contributed by atoms with Crippen molar-refractivity contribution in [2.75, 3.05) is 4.72 Å². The van der Waals surface area contributed by atoms with E-state index in [1.54, 1.807) is 24.3 Å². The minimum atomic E-state index is -3.68. The van der Waals surface area contributed by atoms with Crippen LogP contribution in [-0.4, -0.2) is 20.4 Å². The smallest absolute Gasteiger partial charge is 0.261 e. The largest absolute Gasteiger partial charge is 0.353 e. The number of sulfonamides is 1. The molecule has 0 unspecified atom stereocenters. The normalized spacial score (nSPS) is 18.9. The molecule has 0 aliphatic heterocycles. The van der Waals surface area contributed by atoms with Crippen molar-refractivity contribution in [2.24, 2.45) is 0 Å². The van der Waals surface area contributed by atoms with Gasteiger partial charge in [0.2, 0.25) is 5.91 Å². The van der Waals surface area contributed by atoms with E-state index in [0.29, 0.717) is 5.69 Å². The van der Waals surface area contributed by atoms with Crippen LogP contribution in [0.5, 0.6) is 0 Å². The summed E-state index contributed by atoms with van der Waals surface area (Å²) >= 11 is 0. The van der Waals surface area contributed by atoms with Crippen LogP contribution in [0.2, 0.25) is 0 Å². The van der Waals surface area contributed by atoms with Crippen LogP contribution >= 0.6 is 0 Å². The highest BCUT2D eigenvalue weighted by Gasteiger charge is 2.51. The molecule has 0 saturated heterocycles. The van der Waals surface area contributed by atoms with E-state index < -0.39 is 15.4 Å². The van der Waals surface area contributed by atoms with Crippen LogP contribution in [0.1, 0.15) is 83.3 Å². The van der Waals surface area contributed by atoms with Gasteiger partial charge in [0.05, 0.1) is 10.3 Å². The predicted octanol–water partition coefficient (Wildman–Crippen LogP) is 5.66. The van der Waals surface area contributed by atoms with Crippen LogP contribution in [0.25, 0.3) is 0 Å². The third-order valence-corrected chi connectivity index (χ3v) is 8.49. The number of rotatable bonds is 6. The van der Waals surface area contributed by atoms with Gasteiger partial charge in [-0.1, -0.05) is 70.7 Å². The number of carbonyl (C=O) groups excluding carboxylic acids is 1. The molecule has 2 aromatic rings. The molecule has 0 radical (unpaired) electrons. The van der Waals surface area contributed by atoms with Gasteiger partial charge in [0, 0.05) is 11.7 Å². The molecule has 0 atom stereocenters. The van der Waals surface area contributed by atoms with Crippen molar-refractivity contribution in [1.29, 1.82) is 0 Å². The van der Waals surface area contributed by atoms with Crippen LogP contribution in [0.3, 0.4) is 0 Å². The van der Waals surface area contributed by atoms with Crippen molar-refractivity contribution in [3.8, 4) is 0 Å². The zero-order valence-corrected chi connectivity index (χ0v) is 20.8. The Balaban J connectivity index is 1.43. The van der Waals surface area contributed by atoms with Crippen molar-refractivity contribution in [1.82, 2.24) is 5.32 Å². The Hall–Kier alpha value is -2.34. The molecule has 33 heavy (non-hydrogen) atoms. The molecule has 6 heteroatoms. The molecule has 2 aliphatic carbocycles. The minimum Gasteiger partial charge on any atom is -0.353 e. The summed E-state index contributed by atoms with van der Waals surface area (Å²) in [5.41, 5.74) is 2.06. The Morgan fingerprint density at radius 3 is 1.97 bits per heavy atom. The third-order valence-electron chi connectivity index (χ3n) is 7.10. The molecular weight excluding hydrogens is 432 g/mol. The lowest BCUT2D eigenvalue weighted by Gasteiger charge is -2.22. The van der Waals surface area contributed by atoms with E-state index in [9.17, 15) is 13.2 Å². The van der Waals surface area contributed by atoms with Crippen LogP contribution in [-0.2, 0) is 25.6 Å². The summed E-state index contributed by atoms with van der Waals surface area (Å²) in [7, 11) is -3.68. The second kappa shape index (κ2) is 9.13. The lowest BCUT2D eigenvalue weighted by Crippen LogP contribution is -2.41. The lowest BCUT2D eigenvalue weighted by atomic mass is 9.87. The Labute approximate surface area is 198 Å². The van der Waals surface area contributed by atoms with E-state index in [1.807, 2.05) is 24.3 Å². The fourth-order valence-corrected chi connectivity index (χ4v) is 5.78. The SMILES string of the molecule is CC(C)(C)c1ccc(S(=O)(=O)Nc2ccc(C3(C(=O)NC4CCCCCC4)CC3)cc2)cc1. The van der Waals surface area contributed by atoms with Crippen molar-refractivity contribution >= 4 is 21.6 Å². The van der Waals surface area contributed by atoms with E-state index >= 15 is 0 Å². The molecule has 0 aromatic heterocycles. The molecule has 5 nitrogen and oxygen atoms in total. The first-order valence-electron chi connectivity index (χ1n) is 12.2. The standard InChI is InChI=1S/C27H36N2O3S/c1-26(2,3)20-12-16-24(17-13-20)33(31,32)29-23-14-10-21(11-15-23)27(18-19-27)25(30)28-22-8-6-4-5-7-9-22/h10-17,22,29H,4-9,18-19H2,1-3H3,(H,28,30). The average molecular weight is 469 g/mol. The number of hydrogen-bond acceptors (Lipinski definition) is 3. The zero-order chi connectivity index (χ0) is 23.7. The van der Waals surface area contributed by atoms with Gasteiger partial charge in [0.1, 0.15) is 0 Å². The lowest BCUT2D eigenvalue weighted by molar-refractivity contribution is -0.124. The molecule has 2 saturated carbocycles. The summed E-state index contributed by atoms with van der Waals surface area (Å²) < 4.78 is 28.3. The van der Waals surface area contributed by atoms with Crippen molar-refractivity contribution in [3.63, 3.8) is 0 Å². The highest BCUT2D eigenvalue weighted by molar-refractivity contribution is 7.92. The summed E-state index contributed by atoms with van der Waals surface area (Å²) in [4.78, 5) is 13.3. The van der Waals surface area contributed by atoms with E-state index in [1.165, 1.54) is 25.7 Å². The van der Waals surface area contributed by atoms with Gasteiger partial charge < -0.3 is 5.32 Å². The Kier molecular flexibility index (Phi) is 6.59. The van der Waals surface area contributed by atoms with E-state index in [-0.39, 0.29) is 22.3 Å². The van der Waals surface area contributed by atoms with Crippen LogP contribution in [0.4, 0.5) is 5.69 Å². The van der Waals surface area contributed by atoms with E-state index in [0.717, 1.165) is 36.8 Å². The molecule has 1 amide bonds. The first-order chi connectivity index (χ1) is 15.6.